The molecule has 0 radical (unpaired) electrons. The van der Waals surface area contributed by atoms with Crippen LogP contribution in [-0.2, 0) is 4.79 Å². The molecule has 1 aromatic rings. The predicted octanol–water partition coefficient (Wildman–Crippen LogP) is 0.673. The maximum Gasteiger partial charge on any atom is 0.346 e. The summed E-state index contributed by atoms with van der Waals surface area (Å²) >= 11 is 0. The normalized spacial score (nSPS) is 10.3. The minimum absolute atomic E-state index is 0.129. The molecule has 1 heterocycles. The molecule has 0 aliphatic heterocycles. The molecule has 0 unspecified atom stereocenters. The monoisotopic (exact) mass is 195 g/mol. The van der Waals surface area contributed by atoms with E-state index in [1.165, 1.54) is 6.20 Å². The van der Waals surface area contributed by atoms with Crippen LogP contribution in [0.5, 0.6) is 0 Å². The number of amides is 1. The van der Waals surface area contributed by atoms with Crippen molar-refractivity contribution in [1.82, 2.24) is 9.97 Å². The zero-order valence-electron chi connectivity index (χ0n) is 8.42. The summed E-state index contributed by atoms with van der Waals surface area (Å²) in [6, 6.07) is 0. The maximum atomic E-state index is 11.3. The largest absolute Gasteiger partial charge is 0.346 e. The van der Waals surface area contributed by atoms with Crippen molar-refractivity contribution < 1.29 is 4.79 Å². The molecule has 5 heteroatoms. The summed E-state index contributed by atoms with van der Waals surface area (Å²) in [6.45, 7) is 5.31. The Bertz CT molecular complexity index is 395. The van der Waals surface area contributed by atoms with Crippen molar-refractivity contribution in [1.29, 1.82) is 0 Å². The Morgan fingerprint density at radius 1 is 1.57 bits per heavy atom. The number of carbonyl (C=O) groups is 1. The maximum absolute atomic E-state index is 11.3. The molecule has 1 aromatic heterocycles. The van der Waals surface area contributed by atoms with E-state index in [1.54, 1.807) is 20.8 Å². The fraction of sp³-hybridized carbons (Fsp3) is 0.444. The SMILES string of the molecule is Cc1c[nH]c(=O)nc1NC(=O)C(C)C. The molecule has 0 fully saturated rings. The van der Waals surface area contributed by atoms with Gasteiger partial charge in [0.25, 0.3) is 0 Å². The minimum atomic E-state index is -0.463. The molecule has 1 amide bonds. The molecular formula is C9H13N3O2. The second-order valence-electron chi connectivity index (χ2n) is 3.38. The number of hydrogen-bond acceptors (Lipinski definition) is 3. The molecule has 0 aromatic carbocycles. The Kier molecular flexibility index (Phi) is 3.01. The van der Waals surface area contributed by atoms with Crippen molar-refractivity contribution in [2.24, 2.45) is 5.92 Å². The number of aryl methyl sites for hydroxylation is 1. The van der Waals surface area contributed by atoms with Gasteiger partial charge in [0.05, 0.1) is 0 Å². The Balaban J connectivity index is 2.91. The van der Waals surface area contributed by atoms with E-state index in [4.69, 9.17) is 0 Å². The van der Waals surface area contributed by atoms with Crippen LogP contribution in [0, 0.1) is 12.8 Å². The summed E-state index contributed by atoms with van der Waals surface area (Å²) in [5.41, 5.74) is 0.272. The lowest BCUT2D eigenvalue weighted by Crippen LogP contribution is -2.22. The van der Waals surface area contributed by atoms with Crippen LogP contribution >= 0.6 is 0 Å². The van der Waals surface area contributed by atoms with Gasteiger partial charge in [0.15, 0.2) is 0 Å². The highest BCUT2D eigenvalue weighted by Gasteiger charge is 2.09. The lowest BCUT2D eigenvalue weighted by atomic mass is 10.2. The number of anilines is 1. The van der Waals surface area contributed by atoms with Gasteiger partial charge >= 0.3 is 5.69 Å². The van der Waals surface area contributed by atoms with Crippen LogP contribution in [0.2, 0.25) is 0 Å². The van der Waals surface area contributed by atoms with Crippen molar-refractivity contribution in [3.8, 4) is 0 Å². The van der Waals surface area contributed by atoms with Crippen LogP contribution in [0.1, 0.15) is 19.4 Å². The lowest BCUT2D eigenvalue weighted by Gasteiger charge is -2.07. The van der Waals surface area contributed by atoms with Crippen molar-refractivity contribution in [3.05, 3.63) is 22.2 Å². The molecule has 2 N–H and O–H groups in total. The minimum Gasteiger partial charge on any atom is -0.312 e. The predicted molar refractivity (Wildman–Crippen MR) is 53.1 cm³/mol. The highest BCUT2D eigenvalue weighted by molar-refractivity contribution is 5.91. The van der Waals surface area contributed by atoms with Gasteiger partial charge in [0, 0.05) is 17.7 Å². The summed E-state index contributed by atoms with van der Waals surface area (Å²) in [4.78, 5) is 28.3. The highest BCUT2D eigenvalue weighted by Crippen LogP contribution is 2.07. The number of rotatable bonds is 2. The molecule has 0 spiro atoms. The highest BCUT2D eigenvalue weighted by atomic mass is 16.2. The third kappa shape index (κ3) is 2.42. The number of nitrogens with zero attached hydrogens (tertiary/aromatic N) is 1. The van der Waals surface area contributed by atoms with E-state index >= 15 is 0 Å². The van der Waals surface area contributed by atoms with Gasteiger partial charge in [-0.05, 0) is 6.92 Å². The molecule has 0 aliphatic carbocycles. The smallest absolute Gasteiger partial charge is 0.312 e. The van der Waals surface area contributed by atoms with Gasteiger partial charge in [-0.3, -0.25) is 4.79 Å². The average molecular weight is 195 g/mol. The summed E-state index contributed by atoms with van der Waals surface area (Å²) < 4.78 is 0. The third-order valence-corrected chi connectivity index (χ3v) is 1.76. The molecular weight excluding hydrogens is 182 g/mol. The van der Waals surface area contributed by atoms with Gasteiger partial charge in [0.2, 0.25) is 5.91 Å². The van der Waals surface area contributed by atoms with E-state index in [-0.39, 0.29) is 11.8 Å². The summed E-state index contributed by atoms with van der Waals surface area (Å²) in [5, 5.41) is 2.58. The van der Waals surface area contributed by atoms with Gasteiger partial charge in [-0.1, -0.05) is 13.8 Å². The Hall–Kier alpha value is -1.65. The number of aromatic nitrogens is 2. The van der Waals surface area contributed by atoms with Crippen LogP contribution in [0.3, 0.4) is 0 Å². The van der Waals surface area contributed by atoms with Crippen molar-refractivity contribution in [3.63, 3.8) is 0 Å². The fourth-order valence-corrected chi connectivity index (χ4v) is 0.848. The van der Waals surface area contributed by atoms with E-state index in [1.807, 2.05) is 0 Å². The molecule has 0 atom stereocenters. The summed E-state index contributed by atoms with van der Waals surface area (Å²) in [7, 11) is 0. The van der Waals surface area contributed by atoms with Crippen LogP contribution < -0.4 is 11.0 Å². The van der Waals surface area contributed by atoms with E-state index in [9.17, 15) is 9.59 Å². The van der Waals surface area contributed by atoms with E-state index in [2.05, 4.69) is 15.3 Å². The first-order valence-corrected chi connectivity index (χ1v) is 4.38. The standard InChI is InChI=1S/C9H13N3O2/c1-5(2)8(13)11-7-6(3)4-10-9(14)12-7/h4-5H,1-3H3,(H2,10,11,12,13,14). The lowest BCUT2D eigenvalue weighted by molar-refractivity contribution is -0.118. The fourth-order valence-electron chi connectivity index (χ4n) is 0.848. The Morgan fingerprint density at radius 3 is 2.79 bits per heavy atom. The second-order valence-corrected chi connectivity index (χ2v) is 3.38. The number of H-pyrrole nitrogens is 1. The zero-order valence-corrected chi connectivity index (χ0v) is 8.42. The van der Waals surface area contributed by atoms with Gasteiger partial charge < -0.3 is 10.3 Å². The van der Waals surface area contributed by atoms with Crippen LogP contribution in [0.4, 0.5) is 5.82 Å². The van der Waals surface area contributed by atoms with Crippen molar-refractivity contribution in [2.75, 3.05) is 5.32 Å². The number of nitrogens with one attached hydrogen (secondary N) is 2. The van der Waals surface area contributed by atoms with Gasteiger partial charge in [-0.2, -0.15) is 4.98 Å². The molecule has 0 aliphatic rings. The number of carbonyl (C=O) groups excluding carboxylic acids is 1. The number of hydrogen-bond donors (Lipinski definition) is 2. The van der Waals surface area contributed by atoms with Crippen LogP contribution in [-0.4, -0.2) is 15.9 Å². The van der Waals surface area contributed by atoms with E-state index in [0.717, 1.165) is 5.56 Å². The average Bonchev–Trinajstić information content (AvgIpc) is 2.11. The van der Waals surface area contributed by atoms with E-state index < -0.39 is 5.69 Å². The topological polar surface area (TPSA) is 74.8 Å². The third-order valence-electron chi connectivity index (χ3n) is 1.76. The number of aromatic amines is 1. The quantitative estimate of drug-likeness (QED) is 0.728. The molecule has 0 saturated carbocycles. The molecule has 1 rings (SSSR count). The molecule has 0 bridgehead atoms. The summed E-state index contributed by atoms with van der Waals surface area (Å²) in [6.07, 6.45) is 1.52. The first-order valence-electron chi connectivity index (χ1n) is 4.38. The zero-order chi connectivity index (χ0) is 10.7. The van der Waals surface area contributed by atoms with Gasteiger partial charge in [-0.15, -0.1) is 0 Å². The summed E-state index contributed by atoms with van der Waals surface area (Å²) in [5.74, 6) is 0.0501. The van der Waals surface area contributed by atoms with Crippen molar-refractivity contribution >= 4 is 11.7 Å². The van der Waals surface area contributed by atoms with E-state index in [0.29, 0.717) is 5.82 Å². The molecule has 14 heavy (non-hydrogen) atoms. The van der Waals surface area contributed by atoms with Gasteiger partial charge in [0.1, 0.15) is 5.82 Å². The Labute approximate surface area is 81.6 Å². The van der Waals surface area contributed by atoms with Gasteiger partial charge in [-0.25, -0.2) is 4.79 Å². The Morgan fingerprint density at radius 2 is 2.21 bits per heavy atom. The molecule has 76 valence electrons. The second kappa shape index (κ2) is 4.04. The first kappa shape index (κ1) is 10.4. The van der Waals surface area contributed by atoms with Crippen molar-refractivity contribution in [2.45, 2.75) is 20.8 Å². The van der Waals surface area contributed by atoms with Crippen LogP contribution in [0.15, 0.2) is 11.0 Å². The van der Waals surface area contributed by atoms with Crippen LogP contribution in [0.25, 0.3) is 0 Å². The first-order chi connectivity index (χ1) is 6.50. The molecule has 5 nitrogen and oxygen atoms in total. The molecule has 0 saturated heterocycles.